The first-order valence-corrected chi connectivity index (χ1v) is 9.52. The zero-order chi connectivity index (χ0) is 21.1. The smallest absolute Gasteiger partial charge is 0.227 e. The predicted octanol–water partition coefficient (Wildman–Crippen LogP) is 4.24. The highest BCUT2D eigenvalue weighted by atomic mass is 19.2. The Morgan fingerprint density at radius 1 is 0.867 bits per heavy atom. The second kappa shape index (κ2) is 8.66. The number of benzene rings is 2. The van der Waals surface area contributed by atoms with Crippen molar-refractivity contribution in [3.05, 3.63) is 65.7 Å². The molecule has 1 fully saturated rings. The van der Waals surface area contributed by atoms with Crippen molar-refractivity contribution >= 4 is 17.5 Å². The Balaban J connectivity index is 1.77. The van der Waals surface area contributed by atoms with Crippen molar-refractivity contribution in [3.8, 4) is 11.3 Å². The molecule has 0 atom stereocenters. The Labute approximate surface area is 170 Å². The Morgan fingerprint density at radius 3 is 2.47 bits per heavy atom. The molecule has 30 heavy (non-hydrogen) atoms. The van der Waals surface area contributed by atoms with Gasteiger partial charge in [0.05, 0.1) is 5.69 Å². The van der Waals surface area contributed by atoms with Crippen LogP contribution in [0.15, 0.2) is 42.5 Å². The van der Waals surface area contributed by atoms with Gasteiger partial charge < -0.3 is 15.5 Å². The van der Waals surface area contributed by atoms with Crippen molar-refractivity contribution in [2.24, 2.45) is 0 Å². The van der Waals surface area contributed by atoms with Crippen LogP contribution in [-0.2, 0) is 0 Å². The number of rotatable bonds is 4. The molecule has 1 saturated heterocycles. The summed E-state index contributed by atoms with van der Waals surface area (Å²) in [7, 11) is 0. The lowest BCUT2D eigenvalue weighted by molar-refractivity contribution is 0.449. The highest BCUT2D eigenvalue weighted by molar-refractivity contribution is 5.68. The van der Waals surface area contributed by atoms with Crippen molar-refractivity contribution in [1.82, 2.24) is 15.3 Å². The van der Waals surface area contributed by atoms with Gasteiger partial charge in [0.1, 0.15) is 11.6 Å². The highest BCUT2D eigenvalue weighted by Crippen LogP contribution is 2.29. The molecule has 2 heterocycles. The maximum atomic E-state index is 14.4. The molecule has 0 aliphatic carbocycles. The molecule has 0 spiro atoms. The predicted molar refractivity (Wildman–Crippen MR) is 107 cm³/mol. The fourth-order valence-electron chi connectivity index (χ4n) is 3.23. The van der Waals surface area contributed by atoms with Gasteiger partial charge in [-0.1, -0.05) is 0 Å². The van der Waals surface area contributed by atoms with E-state index in [1.165, 1.54) is 30.3 Å². The molecule has 1 aliphatic rings. The van der Waals surface area contributed by atoms with Crippen LogP contribution in [0.1, 0.15) is 6.42 Å². The standard InChI is InChI=1S/C21H19F4N5/c22-13-2-4-14(5-3-13)27-18-12-17(15-6-7-16(23)20(25)19(15)24)28-21(29-18)30-10-1-8-26-9-11-30/h2-7,12,26H,1,8-11H2,(H,27,28,29). The van der Waals surface area contributed by atoms with Crippen LogP contribution in [0.2, 0.25) is 0 Å². The summed E-state index contributed by atoms with van der Waals surface area (Å²) in [6.45, 7) is 2.91. The third-order valence-electron chi connectivity index (χ3n) is 4.77. The largest absolute Gasteiger partial charge is 0.340 e. The van der Waals surface area contributed by atoms with Gasteiger partial charge in [-0.2, -0.15) is 4.98 Å². The third-order valence-corrected chi connectivity index (χ3v) is 4.77. The topological polar surface area (TPSA) is 53.1 Å². The van der Waals surface area contributed by atoms with Crippen molar-refractivity contribution in [2.75, 3.05) is 36.4 Å². The van der Waals surface area contributed by atoms with Crippen LogP contribution in [0.3, 0.4) is 0 Å². The number of hydrogen-bond donors (Lipinski definition) is 2. The normalized spacial score (nSPS) is 14.5. The fraction of sp³-hybridized carbons (Fsp3) is 0.238. The highest BCUT2D eigenvalue weighted by Gasteiger charge is 2.20. The lowest BCUT2D eigenvalue weighted by Crippen LogP contribution is -2.29. The monoisotopic (exact) mass is 417 g/mol. The molecule has 3 aromatic rings. The number of nitrogens with one attached hydrogen (secondary N) is 2. The van der Waals surface area contributed by atoms with Gasteiger partial charge >= 0.3 is 0 Å². The van der Waals surface area contributed by atoms with E-state index in [0.717, 1.165) is 31.6 Å². The van der Waals surface area contributed by atoms with Gasteiger partial charge in [-0.15, -0.1) is 0 Å². The van der Waals surface area contributed by atoms with Crippen LogP contribution >= 0.6 is 0 Å². The number of anilines is 3. The molecule has 2 N–H and O–H groups in total. The zero-order valence-electron chi connectivity index (χ0n) is 15.9. The lowest BCUT2D eigenvalue weighted by Gasteiger charge is -2.21. The lowest BCUT2D eigenvalue weighted by atomic mass is 10.1. The first kappa shape index (κ1) is 20.1. The molecule has 0 bridgehead atoms. The Hall–Kier alpha value is -3.20. The Morgan fingerprint density at radius 2 is 1.67 bits per heavy atom. The van der Waals surface area contributed by atoms with Gasteiger partial charge in [0.25, 0.3) is 0 Å². The maximum absolute atomic E-state index is 14.4. The van der Waals surface area contributed by atoms with Gasteiger partial charge in [0.2, 0.25) is 5.95 Å². The summed E-state index contributed by atoms with van der Waals surface area (Å²) < 4.78 is 54.8. The van der Waals surface area contributed by atoms with Gasteiger partial charge in [-0.25, -0.2) is 22.5 Å². The minimum atomic E-state index is -1.56. The molecule has 0 amide bonds. The molecule has 1 aromatic heterocycles. The molecular formula is C21H19F4N5. The number of halogens is 4. The number of aromatic nitrogens is 2. The zero-order valence-corrected chi connectivity index (χ0v) is 15.9. The Bertz CT molecular complexity index is 1030. The minimum Gasteiger partial charge on any atom is -0.340 e. The van der Waals surface area contributed by atoms with E-state index in [0.29, 0.717) is 30.5 Å². The molecule has 9 heteroatoms. The first-order valence-electron chi connectivity index (χ1n) is 9.52. The summed E-state index contributed by atoms with van der Waals surface area (Å²) in [5.41, 5.74) is 0.501. The van der Waals surface area contributed by atoms with Crippen molar-refractivity contribution in [1.29, 1.82) is 0 Å². The van der Waals surface area contributed by atoms with E-state index in [2.05, 4.69) is 20.6 Å². The molecule has 4 rings (SSSR count). The molecule has 2 aromatic carbocycles. The summed E-state index contributed by atoms with van der Waals surface area (Å²) >= 11 is 0. The van der Waals surface area contributed by atoms with E-state index in [-0.39, 0.29) is 17.1 Å². The van der Waals surface area contributed by atoms with Gasteiger partial charge in [-0.05, 0) is 49.4 Å². The van der Waals surface area contributed by atoms with Crippen LogP contribution in [0.25, 0.3) is 11.3 Å². The van der Waals surface area contributed by atoms with E-state index >= 15 is 0 Å². The van der Waals surface area contributed by atoms with E-state index in [1.807, 2.05) is 4.90 Å². The van der Waals surface area contributed by atoms with E-state index < -0.39 is 17.5 Å². The van der Waals surface area contributed by atoms with Crippen molar-refractivity contribution < 1.29 is 17.6 Å². The quantitative estimate of drug-likeness (QED) is 0.491. The minimum absolute atomic E-state index is 0.109. The summed E-state index contributed by atoms with van der Waals surface area (Å²) in [4.78, 5) is 10.9. The van der Waals surface area contributed by atoms with Crippen LogP contribution in [-0.4, -0.2) is 36.1 Å². The van der Waals surface area contributed by atoms with Crippen LogP contribution in [0.5, 0.6) is 0 Å². The van der Waals surface area contributed by atoms with E-state index in [1.54, 1.807) is 0 Å². The van der Waals surface area contributed by atoms with Gasteiger partial charge in [0.15, 0.2) is 17.5 Å². The Kier molecular flexibility index (Phi) is 5.80. The average Bonchev–Trinajstić information content (AvgIpc) is 3.03. The van der Waals surface area contributed by atoms with Crippen LogP contribution < -0.4 is 15.5 Å². The molecule has 156 valence electrons. The number of hydrogen-bond acceptors (Lipinski definition) is 5. The molecule has 1 aliphatic heterocycles. The summed E-state index contributed by atoms with van der Waals surface area (Å²) in [5, 5.41) is 6.31. The van der Waals surface area contributed by atoms with Crippen LogP contribution in [0, 0.1) is 23.3 Å². The van der Waals surface area contributed by atoms with Gasteiger partial charge in [0, 0.05) is 37.0 Å². The van der Waals surface area contributed by atoms with Gasteiger partial charge in [-0.3, -0.25) is 0 Å². The first-order chi connectivity index (χ1) is 14.5. The maximum Gasteiger partial charge on any atom is 0.227 e. The average molecular weight is 417 g/mol. The molecule has 0 radical (unpaired) electrons. The third kappa shape index (κ3) is 4.35. The molecule has 0 saturated carbocycles. The summed E-state index contributed by atoms with van der Waals surface area (Å²) in [6, 6.07) is 9.10. The van der Waals surface area contributed by atoms with Crippen LogP contribution in [0.4, 0.5) is 35.0 Å². The fourth-order valence-corrected chi connectivity index (χ4v) is 3.23. The van der Waals surface area contributed by atoms with E-state index in [4.69, 9.17) is 0 Å². The second-order valence-electron chi connectivity index (χ2n) is 6.88. The number of nitrogens with zero attached hydrogens (tertiary/aromatic N) is 3. The SMILES string of the molecule is Fc1ccc(Nc2cc(-c3ccc(F)c(F)c3F)nc(N3CCCNCC3)n2)cc1. The van der Waals surface area contributed by atoms with Crippen molar-refractivity contribution in [3.63, 3.8) is 0 Å². The molecule has 0 unspecified atom stereocenters. The second-order valence-corrected chi connectivity index (χ2v) is 6.88. The summed E-state index contributed by atoms with van der Waals surface area (Å²) in [5.74, 6) is -3.86. The molecular weight excluding hydrogens is 398 g/mol. The van der Waals surface area contributed by atoms with Crippen molar-refractivity contribution in [2.45, 2.75) is 6.42 Å². The van der Waals surface area contributed by atoms with E-state index in [9.17, 15) is 17.6 Å². The summed E-state index contributed by atoms with van der Waals surface area (Å²) in [6.07, 6.45) is 0.869. The molecule has 5 nitrogen and oxygen atoms in total.